The number of hydrogen-bond donors (Lipinski definition) is 1. The molecule has 0 saturated heterocycles. The fourth-order valence-corrected chi connectivity index (χ4v) is 2.76. The molecule has 0 heterocycles. The third-order valence-corrected chi connectivity index (χ3v) is 3.92. The number of carbonyl (C=O) groups is 1. The van der Waals surface area contributed by atoms with Crippen molar-refractivity contribution >= 4 is 6.29 Å². The summed E-state index contributed by atoms with van der Waals surface area (Å²) < 4.78 is 6.07. The Hall–Kier alpha value is -2.23. The van der Waals surface area contributed by atoms with Gasteiger partial charge >= 0.3 is 0 Å². The predicted molar refractivity (Wildman–Crippen MR) is 90.9 cm³/mol. The molecule has 1 unspecified atom stereocenters. The first-order valence-electron chi connectivity index (χ1n) is 7.72. The molecule has 1 N–H and O–H groups in total. The van der Waals surface area contributed by atoms with E-state index in [9.17, 15) is 9.90 Å². The van der Waals surface area contributed by atoms with E-state index >= 15 is 0 Å². The van der Waals surface area contributed by atoms with Gasteiger partial charge < -0.3 is 9.84 Å². The minimum Gasteiger partial charge on any atom is -0.368 e. The van der Waals surface area contributed by atoms with Crippen LogP contribution in [0.15, 0.2) is 72.8 Å². The van der Waals surface area contributed by atoms with Gasteiger partial charge in [0.05, 0.1) is 0 Å². The van der Waals surface area contributed by atoms with Gasteiger partial charge in [0.1, 0.15) is 11.9 Å². The van der Waals surface area contributed by atoms with Crippen molar-refractivity contribution in [3.63, 3.8) is 0 Å². The molecule has 1 atom stereocenters. The lowest BCUT2D eigenvalue weighted by atomic mass is 9.83. The number of hydrogen-bond acceptors (Lipinski definition) is 3. The average molecular weight is 310 g/mol. The van der Waals surface area contributed by atoms with Crippen molar-refractivity contribution < 1.29 is 14.6 Å². The highest BCUT2D eigenvalue weighted by atomic mass is 16.6. The molecule has 0 fully saturated rings. The van der Waals surface area contributed by atoms with Gasteiger partial charge in [0.15, 0.2) is 6.29 Å². The molecular formula is C20H22O3. The highest BCUT2D eigenvalue weighted by Gasteiger charge is 2.35. The van der Waals surface area contributed by atoms with Crippen LogP contribution < -0.4 is 0 Å². The first kappa shape index (κ1) is 17.1. The van der Waals surface area contributed by atoms with E-state index in [2.05, 4.69) is 6.58 Å². The van der Waals surface area contributed by atoms with Gasteiger partial charge in [-0.25, -0.2) is 0 Å². The van der Waals surface area contributed by atoms with Crippen molar-refractivity contribution in [1.82, 2.24) is 0 Å². The number of aliphatic hydroxyl groups is 1. The van der Waals surface area contributed by atoms with Crippen LogP contribution in [0, 0.1) is 0 Å². The van der Waals surface area contributed by atoms with Gasteiger partial charge in [-0.2, -0.15) is 0 Å². The van der Waals surface area contributed by atoms with Crippen LogP contribution in [0.1, 0.15) is 30.9 Å². The van der Waals surface area contributed by atoms with E-state index in [1.54, 1.807) is 0 Å². The normalized spacial score (nSPS) is 12.6. The Kier molecular flexibility index (Phi) is 5.85. The molecule has 2 rings (SSSR count). The minimum absolute atomic E-state index is 0.0882. The van der Waals surface area contributed by atoms with E-state index < -0.39 is 11.9 Å². The van der Waals surface area contributed by atoms with Crippen molar-refractivity contribution in [2.24, 2.45) is 0 Å². The molecule has 0 aromatic heterocycles. The van der Waals surface area contributed by atoms with Crippen LogP contribution in [0.2, 0.25) is 0 Å². The maximum absolute atomic E-state index is 10.7. The Morgan fingerprint density at radius 2 is 1.61 bits per heavy atom. The molecule has 0 aliphatic carbocycles. The lowest BCUT2D eigenvalue weighted by Gasteiger charge is -2.36. The Bertz CT molecular complexity index is 595. The summed E-state index contributed by atoms with van der Waals surface area (Å²) in [5.74, 6) is 0. The van der Waals surface area contributed by atoms with Gasteiger partial charge in [0, 0.05) is 6.42 Å². The molecule has 2 aromatic rings. The highest BCUT2D eigenvalue weighted by Crippen LogP contribution is 2.38. The summed E-state index contributed by atoms with van der Waals surface area (Å²) in [5.41, 5.74) is 1.46. The number of benzene rings is 2. The molecule has 3 heteroatoms. The SMILES string of the molecule is C=C(C=O)CC(O)OC(CC)(c1ccccc1)c1ccccc1. The summed E-state index contributed by atoms with van der Waals surface area (Å²) in [7, 11) is 0. The monoisotopic (exact) mass is 310 g/mol. The molecule has 3 nitrogen and oxygen atoms in total. The maximum Gasteiger partial charge on any atom is 0.160 e. The number of rotatable bonds is 8. The lowest BCUT2D eigenvalue weighted by molar-refractivity contribution is -0.174. The van der Waals surface area contributed by atoms with Crippen molar-refractivity contribution in [2.75, 3.05) is 0 Å². The summed E-state index contributed by atoms with van der Waals surface area (Å²) in [6, 6.07) is 19.6. The molecule has 0 saturated carbocycles. The van der Waals surface area contributed by atoms with Gasteiger partial charge in [0.25, 0.3) is 0 Å². The Labute approximate surface area is 137 Å². The van der Waals surface area contributed by atoms with Crippen LogP contribution in [0.25, 0.3) is 0 Å². The average Bonchev–Trinajstić information content (AvgIpc) is 2.61. The summed E-state index contributed by atoms with van der Waals surface area (Å²) in [6.45, 7) is 5.62. The van der Waals surface area contributed by atoms with E-state index in [4.69, 9.17) is 4.74 Å². The van der Waals surface area contributed by atoms with Crippen LogP contribution in [0.5, 0.6) is 0 Å². The van der Waals surface area contributed by atoms with E-state index in [1.807, 2.05) is 67.6 Å². The Morgan fingerprint density at radius 3 is 2.00 bits per heavy atom. The zero-order valence-electron chi connectivity index (χ0n) is 13.3. The van der Waals surface area contributed by atoms with E-state index in [0.717, 1.165) is 11.1 Å². The van der Waals surface area contributed by atoms with Crippen LogP contribution in [-0.2, 0) is 15.1 Å². The molecule has 120 valence electrons. The summed E-state index contributed by atoms with van der Waals surface area (Å²) >= 11 is 0. The van der Waals surface area contributed by atoms with Crippen LogP contribution in [0.4, 0.5) is 0 Å². The predicted octanol–water partition coefficient (Wildman–Crippen LogP) is 3.82. The molecule has 0 aliphatic rings. The Balaban J connectivity index is 2.42. The van der Waals surface area contributed by atoms with Crippen LogP contribution in [0.3, 0.4) is 0 Å². The van der Waals surface area contributed by atoms with Crippen LogP contribution >= 0.6 is 0 Å². The number of aldehydes is 1. The second-order valence-electron chi connectivity index (χ2n) is 5.47. The first-order valence-corrected chi connectivity index (χ1v) is 7.72. The van der Waals surface area contributed by atoms with Gasteiger partial charge in [-0.15, -0.1) is 0 Å². The molecular weight excluding hydrogens is 288 g/mol. The highest BCUT2D eigenvalue weighted by molar-refractivity contribution is 5.71. The molecule has 2 aromatic carbocycles. The van der Waals surface area contributed by atoms with Crippen LogP contribution in [-0.4, -0.2) is 17.7 Å². The molecule has 0 aliphatic heterocycles. The maximum atomic E-state index is 10.7. The zero-order chi connectivity index (χ0) is 16.7. The zero-order valence-corrected chi connectivity index (χ0v) is 13.3. The largest absolute Gasteiger partial charge is 0.368 e. The third-order valence-electron chi connectivity index (χ3n) is 3.92. The molecule has 0 radical (unpaired) electrons. The minimum atomic E-state index is -1.10. The Morgan fingerprint density at radius 1 is 1.13 bits per heavy atom. The number of carbonyl (C=O) groups excluding carboxylic acids is 1. The first-order chi connectivity index (χ1) is 11.1. The lowest BCUT2D eigenvalue weighted by Crippen LogP contribution is -2.35. The molecule has 0 bridgehead atoms. The van der Waals surface area contributed by atoms with Crippen molar-refractivity contribution in [3.05, 3.63) is 83.9 Å². The second kappa shape index (κ2) is 7.86. The smallest absolute Gasteiger partial charge is 0.160 e. The van der Waals surface area contributed by atoms with Gasteiger partial charge in [-0.1, -0.05) is 74.2 Å². The summed E-state index contributed by atoms with van der Waals surface area (Å²) in [4.78, 5) is 10.7. The number of aliphatic hydroxyl groups excluding tert-OH is 1. The standard InChI is InChI=1S/C20H22O3/c1-3-20(17-10-6-4-7-11-17,18-12-8-5-9-13-18)23-19(22)14-16(2)15-21/h4-13,15,19,22H,2-3,14H2,1H3. The molecule has 0 spiro atoms. The van der Waals surface area contributed by atoms with E-state index in [1.165, 1.54) is 0 Å². The van der Waals surface area contributed by atoms with Crippen molar-refractivity contribution in [2.45, 2.75) is 31.7 Å². The van der Waals surface area contributed by atoms with Gasteiger partial charge in [0.2, 0.25) is 0 Å². The summed E-state index contributed by atoms with van der Waals surface area (Å²) in [6.07, 6.45) is 0.273. The fraction of sp³-hybridized carbons (Fsp3) is 0.250. The van der Waals surface area contributed by atoms with E-state index in [-0.39, 0.29) is 6.42 Å². The second-order valence-corrected chi connectivity index (χ2v) is 5.47. The summed E-state index contributed by atoms with van der Waals surface area (Å²) in [5, 5.41) is 10.3. The fourth-order valence-electron chi connectivity index (χ4n) is 2.76. The van der Waals surface area contributed by atoms with Gasteiger partial charge in [-0.05, 0) is 23.1 Å². The van der Waals surface area contributed by atoms with Crippen molar-refractivity contribution in [3.8, 4) is 0 Å². The van der Waals surface area contributed by atoms with Crippen molar-refractivity contribution in [1.29, 1.82) is 0 Å². The number of ether oxygens (including phenoxy) is 1. The third kappa shape index (κ3) is 3.95. The molecule has 23 heavy (non-hydrogen) atoms. The quantitative estimate of drug-likeness (QED) is 0.458. The molecule has 0 amide bonds. The van der Waals surface area contributed by atoms with Gasteiger partial charge in [-0.3, -0.25) is 4.79 Å². The van der Waals surface area contributed by atoms with E-state index in [0.29, 0.717) is 18.3 Å². The topological polar surface area (TPSA) is 46.5 Å².